The van der Waals surface area contributed by atoms with Crippen LogP contribution in [0.4, 0.5) is 13.9 Å². The van der Waals surface area contributed by atoms with E-state index in [0.29, 0.717) is 10.1 Å². The van der Waals surface area contributed by atoms with Gasteiger partial charge in [0.25, 0.3) is 5.91 Å². The Kier molecular flexibility index (Phi) is 4.00. The molecule has 19 heavy (non-hydrogen) atoms. The summed E-state index contributed by atoms with van der Waals surface area (Å²) in [5.74, 6) is -0.761. The highest BCUT2D eigenvalue weighted by atomic mass is 32.1. The van der Waals surface area contributed by atoms with E-state index in [4.69, 9.17) is 0 Å². The van der Waals surface area contributed by atoms with Gasteiger partial charge >= 0.3 is 6.61 Å². The van der Waals surface area contributed by atoms with Crippen molar-refractivity contribution in [2.24, 2.45) is 0 Å². The number of aryl methyl sites for hydroxylation is 1. The van der Waals surface area contributed by atoms with Crippen molar-refractivity contribution in [1.82, 2.24) is 10.2 Å². The first-order valence-electron chi connectivity index (χ1n) is 5.21. The van der Waals surface area contributed by atoms with E-state index in [9.17, 15) is 13.6 Å². The molecule has 0 atom stereocenters. The molecule has 8 heteroatoms. The number of amides is 1. The van der Waals surface area contributed by atoms with Gasteiger partial charge in [0.15, 0.2) is 0 Å². The summed E-state index contributed by atoms with van der Waals surface area (Å²) in [7, 11) is 0. The van der Waals surface area contributed by atoms with Crippen molar-refractivity contribution in [1.29, 1.82) is 0 Å². The van der Waals surface area contributed by atoms with Gasteiger partial charge in [0.05, 0.1) is 5.56 Å². The molecule has 0 saturated carbocycles. The van der Waals surface area contributed by atoms with E-state index in [2.05, 4.69) is 20.3 Å². The topological polar surface area (TPSA) is 64.1 Å². The third-order valence-electron chi connectivity index (χ3n) is 2.09. The van der Waals surface area contributed by atoms with Crippen molar-refractivity contribution in [2.75, 3.05) is 5.32 Å². The first-order chi connectivity index (χ1) is 9.06. The largest absolute Gasteiger partial charge is 0.434 e. The number of carbonyl (C=O) groups excluding carboxylic acids is 1. The number of anilines is 1. The zero-order valence-corrected chi connectivity index (χ0v) is 10.6. The van der Waals surface area contributed by atoms with E-state index in [1.165, 1.54) is 29.5 Å². The lowest BCUT2D eigenvalue weighted by Gasteiger charge is -2.09. The molecule has 0 unspecified atom stereocenters. The van der Waals surface area contributed by atoms with Crippen LogP contribution in [0.5, 0.6) is 5.75 Å². The fraction of sp³-hybridized carbons (Fsp3) is 0.182. The molecule has 1 aromatic carbocycles. The second kappa shape index (κ2) is 5.70. The first kappa shape index (κ1) is 13.3. The standard InChI is InChI=1S/C11H9F2N3O2S/c1-6-15-16-11(19-6)14-9(17)7-4-2-3-5-8(7)18-10(12)13/h2-5,10H,1H3,(H,14,16,17). The molecule has 0 bridgehead atoms. The summed E-state index contributed by atoms with van der Waals surface area (Å²) < 4.78 is 28.7. The monoisotopic (exact) mass is 285 g/mol. The average molecular weight is 285 g/mol. The number of nitrogens with one attached hydrogen (secondary N) is 1. The SMILES string of the molecule is Cc1nnc(NC(=O)c2ccccc2OC(F)F)s1. The van der Waals surface area contributed by atoms with E-state index in [1.807, 2.05) is 0 Å². The molecule has 1 aromatic heterocycles. The fourth-order valence-electron chi connectivity index (χ4n) is 1.36. The third kappa shape index (κ3) is 3.44. The highest BCUT2D eigenvalue weighted by molar-refractivity contribution is 7.15. The molecule has 0 fully saturated rings. The minimum Gasteiger partial charge on any atom is -0.434 e. The van der Waals surface area contributed by atoms with Gasteiger partial charge < -0.3 is 4.74 Å². The van der Waals surface area contributed by atoms with Crippen LogP contribution in [-0.4, -0.2) is 22.7 Å². The highest BCUT2D eigenvalue weighted by Gasteiger charge is 2.16. The maximum Gasteiger partial charge on any atom is 0.387 e. The molecule has 100 valence electrons. The van der Waals surface area contributed by atoms with Crippen molar-refractivity contribution >= 4 is 22.4 Å². The van der Waals surface area contributed by atoms with Gasteiger partial charge in [0.2, 0.25) is 5.13 Å². The van der Waals surface area contributed by atoms with Crippen LogP contribution in [0.15, 0.2) is 24.3 Å². The Morgan fingerprint density at radius 1 is 1.37 bits per heavy atom. The molecule has 0 aliphatic rings. The van der Waals surface area contributed by atoms with Gasteiger partial charge in [-0.25, -0.2) is 0 Å². The van der Waals surface area contributed by atoms with Crippen LogP contribution in [0.3, 0.4) is 0 Å². The van der Waals surface area contributed by atoms with Crippen LogP contribution in [0.1, 0.15) is 15.4 Å². The third-order valence-corrected chi connectivity index (χ3v) is 2.85. The Hall–Kier alpha value is -2.09. The van der Waals surface area contributed by atoms with Crippen LogP contribution in [0.25, 0.3) is 0 Å². The van der Waals surface area contributed by atoms with Gasteiger partial charge in [0.1, 0.15) is 10.8 Å². The van der Waals surface area contributed by atoms with E-state index in [1.54, 1.807) is 13.0 Å². The van der Waals surface area contributed by atoms with E-state index in [0.717, 1.165) is 0 Å². The molecule has 0 aliphatic carbocycles. The zero-order valence-electron chi connectivity index (χ0n) is 9.76. The van der Waals surface area contributed by atoms with Crippen LogP contribution >= 0.6 is 11.3 Å². The molecule has 0 radical (unpaired) electrons. The van der Waals surface area contributed by atoms with Gasteiger partial charge in [-0.1, -0.05) is 23.5 Å². The van der Waals surface area contributed by atoms with Crippen LogP contribution in [0.2, 0.25) is 0 Å². The zero-order chi connectivity index (χ0) is 13.8. The van der Waals surface area contributed by atoms with Crippen LogP contribution in [0, 0.1) is 6.92 Å². The van der Waals surface area contributed by atoms with Gasteiger partial charge in [-0.3, -0.25) is 10.1 Å². The van der Waals surface area contributed by atoms with Gasteiger partial charge in [0, 0.05) is 0 Å². The molecule has 1 amide bonds. The number of nitrogens with zero attached hydrogens (tertiary/aromatic N) is 2. The molecule has 1 N–H and O–H groups in total. The van der Waals surface area contributed by atoms with Crippen molar-refractivity contribution < 1.29 is 18.3 Å². The van der Waals surface area contributed by atoms with Crippen molar-refractivity contribution in [3.8, 4) is 5.75 Å². The minimum absolute atomic E-state index is 0.00986. The van der Waals surface area contributed by atoms with Crippen molar-refractivity contribution in [2.45, 2.75) is 13.5 Å². The Morgan fingerprint density at radius 2 is 2.11 bits per heavy atom. The summed E-state index contributed by atoms with van der Waals surface area (Å²) in [6.07, 6.45) is 0. The summed E-state index contributed by atoms with van der Waals surface area (Å²) in [5, 5.41) is 10.9. The predicted molar refractivity (Wildman–Crippen MR) is 65.7 cm³/mol. The number of halogens is 2. The lowest BCUT2D eigenvalue weighted by Crippen LogP contribution is -2.14. The van der Waals surface area contributed by atoms with Crippen molar-refractivity contribution in [3.05, 3.63) is 34.8 Å². The molecule has 2 aromatic rings. The number of rotatable bonds is 4. The van der Waals surface area contributed by atoms with Gasteiger partial charge in [-0.15, -0.1) is 10.2 Å². The summed E-state index contributed by atoms with van der Waals surface area (Å²) in [5.41, 5.74) is 0.00986. The second-order valence-corrected chi connectivity index (χ2v) is 4.64. The Balaban J connectivity index is 2.18. The normalized spacial score (nSPS) is 10.5. The quantitative estimate of drug-likeness (QED) is 0.938. The summed E-state index contributed by atoms with van der Waals surface area (Å²) in [6.45, 7) is -1.25. The summed E-state index contributed by atoms with van der Waals surface area (Å²) >= 11 is 1.19. The number of para-hydroxylation sites is 1. The predicted octanol–water partition coefficient (Wildman–Crippen LogP) is 2.70. The lowest BCUT2D eigenvalue weighted by molar-refractivity contribution is -0.0501. The van der Waals surface area contributed by atoms with E-state index in [-0.39, 0.29) is 11.3 Å². The molecule has 2 rings (SSSR count). The van der Waals surface area contributed by atoms with Crippen LogP contribution < -0.4 is 10.1 Å². The van der Waals surface area contributed by atoms with Gasteiger partial charge in [-0.05, 0) is 19.1 Å². The van der Waals surface area contributed by atoms with Crippen molar-refractivity contribution in [3.63, 3.8) is 0 Å². The smallest absolute Gasteiger partial charge is 0.387 e. The second-order valence-electron chi connectivity index (χ2n) is 3.46. The number of hydrogen-bond donors (Lipinski definition) is 1. The number of hydrogen-bond acceptors (Lipinski definition) is 5. The molecular weight excluding hydrogens is 276 g/mol. The molecule has 1 heterocycles. The summed E-state index contributed by atoms with van der Waals surface area (Å²) in [6, 6.07) is 5.75. The molecule has 0 spiro atoms. The maximum absolute atomic E-state index is 12.2. The number of alkyl halides is 2. The average Bonchev–Trinajstić information content (AvgIpc) is 2.74. The minimum atomic E-state index is -2.99. The molecular formula is C11H9F2N3O2S. The molecule has 0 aliphatic heterocycles. The highest BCUT2D eigenvalue weighted by Crippen LogP contribution is 2.22. The Labute approximate surface area is 111 Å². The molecule has 0 saturated heterocycles. The molecule has 5 nitrogen and oxygen atoms in total. The van der Waals surface area contributed by atoms with Gasteiger partial charge in [-0.2, -0.15) is 8.78 Å². The lowest BCUT2D eigenvalue weighted by atomic mass is 10.2. The fourth-order valence-corrected chi connectivity index (χ4v) is 1.95. The van der Waals surface area contributed by atoms with E-state index >= 15 is 0 Å². The summed E-state index contributed by atoms with van der Waals surface area (Å²) in [4.78, 5) is 11.9. The Bertz CT molecular complexity index is 589. The number of benzene rings is 1. The number of aromatic nitrogens is 2. The first-order valence-corrected chi connectivity index (χ1v) is 6.03. The number of ether oxygens (including phenoxy) is 1. The number of carbonyl (C=O) groups is 1. The Morgan fingerprint density at radius 3 is 2.74 bits per heavy atom. The van der Waals surface area contributed by atoms with E-state index < -0.39 is 12.5 Å². The maximum atomic E-state index is 12.2. The van der Waals surface area contributed by atoms with Crippen LogP contribution in [-0.2, 0) is 0 Å².